The minimum absolute atomic E-state index is 0.00931. The summed E-state index contributed by atoms with van der Waals surface area (Å²) in [4.78, 5) is 55.2. The number of ether oxygens (including phenoxy) is 4. The van der Waals surface area contributed by atoms with Crippen LogP contribution in [0.5, 0.6) is 34.5 Å². The number of hydrogen-bond acceptors (Lipinski definition) is 13. The molecule has 13 nitrogen and oxygen atoms in total. The van der Waals surface area contributed by atoms with Crippen LogP contribution in [0.2, 0.25) is 0 Å². The van der Waals surface area contributed by atoms with Crippen LogP contribution in [0.15, 0.2) is 20.6 Å². The molecule has 0 saturated heterocycles. The predicted molar refractivity (Wildman–Crippen MR) is 180 cm³/mol. The number of thioether (sulfide) groups is 1. The molecule has 0 aromatic heterocycles. The molecule has 1 aliphatic rings. The predicted octanol–water partition coefficient (Wildman–Crippen LogP) is 4.07. The van der Waals surface area contributed by atoms with Gasteiger partial charge >= 0.3 is 0 Å². The van der Waals surface area contributed by atoms with Gasteiger partial charge in [-0.1, -0.05) is 0 Å². The van der Waals surface area contributed by atoms with E-state index in [1.54, 1.807) is 0 Å². The van der Waals surface area contributed by atoms with Crippen LogP contribution < -0.4 is 29.8 Å². The van der Waals surface area contributed by atoms with Gasteiger partial charge in [-0.3, -0.25) is 23.7 Å². The lowest BCUT2D eigenvalue weighted by molar-refractivity contribution is -0.125. The molecule has 5 aromatic carbocycles. The molecule has 0 saturated carbocycles. The fourth-order valence-electron chi connectivity index (χ4n) is 7.38. The number of rotatable bonds is 11. The molecule has 0 heterocycles. The van der Waals surface area contributed by atoms with Crippen molar-refractivity contribution < 1.29 is 51.7 Å². The maximum atomic E-state index is 14.4. The van der Waals surface area contributed by atoms with E-state index in [0.29, 0.717) is 0 Å². The zero-order chi connectivity index (χ0) is 35.1. The van der Waals surface area contributed by atoms with Crippen LogP contribution >= 0.6 is 11.8 Å². The first kappa shape index (κ1) is 33.3. The first-order valence-corrected chi connectivity index (χ1v) is 17.2. The molecule has 0 aliphatic heterocycles. The van der Waals surface area contributed by atoms with Gasteiger partial charge in [-0.05, 0) is 36.8 Å². The van der Waals surface area contributed by atoms with Crippen LogP contribution in [0.4, 0.5) is 0 Å². The molecule has 0 radical (unpaired) electrons. The Labute approximate surface area is 276 Å². The summed E-state index contributed by atoms with van der Waals surface area (Å²) in [5.41, 5.74) is -1.13. The zero-order valence-corrected chi connectivity index (χ0v) is 28.2. The Balaban J connectivity index is 2.02. The summed E-state index contributed by atoms with van der Waals surface area (Å²) < 4.78 is 54.9. The van der Waals surface area contributed by atoms with Crippen LogP contribution in [0.3, 0.4) is 0 Å². The van der Waals surface area contributed by atoms with E-state index in [1.807, 2.05) is 0 Å². The number of Topliss-reactive ketones (excluding diaryl/α,β-unsaturated/α-hetero) is 2. The van der Waals surface area contributed by atoms with Crippen molar-refractivity contribution in [3.8, 4) is 34.5 Å². The third-order valence-electron chi connectivity index (χ3n) is 9.01. The monoisotopic (exact) mass is 698 g/mol. The molecule has 2 unspecified atom stereocenters. The Hall–Kier alpha value is -4.60. The van der Waals surface area contributed by atoms with Crippen LogP contribution in [0.1, 0.15) is 43.2 Å². The van der Waals surface area contributed by atoms with Gasteiger partial charge < -0.3 is 29.2 Å². The third-order valence-corrected chi connectivity index (χ3v) is 11.0. The van der Waals surface area contributed by atoms with Crippen molar-refractivity contribution in [3.05, 3.63) is 37.6 Å². The highest BCUT2D eigenvalue weighted by molar-refractivity contribution is 7.99. The third kappa shape index (κ3) is 4.44. The minimum atomic E-state index is -4.28. The fourth-order valence-corrected chi connectivity index (χ4v) is 9.12. The highest BCUT2D eigenvalue weighted by Crippen LogP contribution is 2.62. The number of carbonyl (C=O) groups excluding carboxylic acids is 2. The van der Waals surface area contributed by atoms with Crippen LogP contribution in [0, 0.1) is 0 Å². The van der Waals surface area contributed by atoms with Gasteiger partial charge in [0.1, 0.15) is 23.1 Å². The number of phenolic OH excluding ortho intramolecular Hbond substituents is 2. The average molecular weight is 699 g/mol. The normalized spacial score (nSPS) is 16.0. The molecule has 15 heteroatoms. The van der Waals surface area contributed by atoms with E-state index in [4.69, 9.17) is 18.9 Å². The highest BCUT2D eigenvalue weighted by atomic mass is 32.2. The first-order chi connectivity index (χ1) is 22.7. The summed E-state index contributed by atoms with van der Waals surface area (Å²) in [6, 6.07) is 1.15. The Morgan fingerprint density at radius 3 is 1.69 bits per heavy atom. The van der Waals surface area contributed by atoms with Gasteiger partial charge in [0, 0.05) is 38.7 Å². The molecule has 0 fully saturated rings. The summed E-state index contributed by atoms with van der Waals surface area (Å²) >= 11 is 0.927. The molecular weight excluding hydrogens is 668 g/mol. The average Bonchev–Trinajstić information content (AvgIpc) is 3.01. The summed E-state index contributed by atoms with van der Waals surface area (Å²) in [5, 5.41) is 24.2. The molecule has 5 aromatic rings. The molecule has 0 spiro atoms. The van der Waals surface area contributed by atoms with Crippen LogP contribution in [-0.4, -0.2) is 74.7 Å². The second kappa shape index (κ2) is 11.5. The zero-order valence-electron chi connectivity index (χ0n) is 26.6. The number of phenols is 2. The lowest BCUT2D eigenvalue weighted by atomic mass is 9.67. The van der Waals surface area contributed by atoms with Gasteiger partial charge in [0.25, 0.3) is 10.1 Å². The Kier molecular flexibility index (Phi) is 8.00. The molecule has 2 atom stereocenters. The Morgan fingerprint density at radius 2 is 1.23 bits per heavy atom. The van der Waals surface area contributed by atoms with Gasteiger partial charge in [-0.2, -0.15) is 8.42 Å². The van der Waals surface area contributed by atoms with Gasteiger partial charge in [0.05, 0.1) is 61.7 Å². The van der Waals surface area contributed by atoms with Crippen molar-refractivity contribution in [3.63, 3.8) is 0 Å². The van der Waals surface area contributed by atoms with Gasteiger partial charge in [0.15, 0.2) is 28.4 Å². The number of fused-ring (bicyclic) bond motifs is 1. The van der Waals surface area contributed by atoms with Crippen molar-refractivity contribution >= 4 is 76.5 Å². The molecule has 3 N–H and O–H groups in total. The lowest BCUT2D eigenvalue weighted by Crippen LogP contribution is -2.28. The van der Waals surface area contributed by atoms with E-state index >= 15 is 0 Å². The smallest absolute Gasteiger partial charge is 0.264 e. The van der Waals surface area contributed by atoms with Crippen molar-refractivity contribution in [2.45, 2.75) is 37.0 Å². The van der Waals surface area contributed by atoms with Crippen LogP contribution in [0.25, 0.3) is 43.1 Å². The lowest BCUT2D eigenvalue weighted by Gasteiger charge is -2.35. The summed E-state index contributed by atoms with van der Waals surface area (Å²) in [6.45, 7) is 2.54. The van der Waals surface area contributed by atoms with Gasteiger partial charge in [-0.25, -0.2) is 0 Å². The van der Waals surface area contributed by atoms with Crippen LogP contribution in [-0.2, 0) is 19.7 Å². The van der Waals surface area contributed by atoms with Crippen molar-refractivity contribution in [1.29, 1.82) is 0 Å². The second-order valence-corrected chi connectivity index (χ2v) is 14.2. The van der Waals surface area contributed by atoms with E-state index in [1.165, 1.54) is 42.3 Å². The van der Waals surface area contributed by atoms with Crippen molar-refractivity contribution in [1.82, 2.24) is 0 Å². The number of hydrogen-bond donors (Lipinski definition) is 3. The number of benzene rings is 5. The Morgan fingerprint density at radius 1 is 0.729 bits per heavy atom. The molecule has 6 rings (SSSR count). The number of ketones is 2. The highest BCUT2D eigenvalue weighted by Gasteiger charge is 2.46. The quantitative estimate of drug-likeness (QED) is 0.0586. The van der Waals surface area contributed by atoms with E-state index < -0.39 is 61.6 Å². The molecule has 252 valence electrons. The first-order valence-electron chi connectivity index (χ1n) is 14.6. The van der Waals surface area contributed by atoms with Gasteiger partial charge in [-0.15, -0.1) is 11.8 Å². The maximum absolute atomic E-state index is 14.4. The van der Waals surface area contributed by atoms with E-state index in [9.17, 15) is 42.4 Å². The SMILES string of the molecule is COc1c(O)c2c(=O)cc(OC)c3c4c(OC)c(SCCCS(=O)(=O)O)c(=O)c5c(O)c(OC)c6c(c(c1C(C(C)=O)C6C(C)=O)c23)c54. The standard InChI is InChI=1S/C33H30O13S2/c1-11(34)15-16(12(2)35)24-21-20-19-17(27(37)30(44-4)23(15)20)13(36)10-14(43-3)18(19)25-22(21)26(28(38)31(24)45-5)29(39)33(32(25)46-6)47-8-7-9-48(40,41)42/h10,15-16,37-38H,7-9H2,1-6H3,(H,40,41,42). The van der Waals surface area contributed by atoms with E-state index in [0.717, 1.165) is 17.8 Å². The molecule has 1 aliphatic carbocycles. The van der Waals surface area contributed by atoms with E-state index in [-0.39, 0.29) is 94.3 Å². The fraction of sp³-hybridized carbons (Fsp3) is 0.333. The minimum Gasteiger partial charge on any atom is -0.504 e. The largest absolute Gasteiger partial charge is 0.504 e. The molecule has 0 bridgehead atoms. The molecule has 0 amide bonds. The number of aromatic hydroxyl groups is 2. The summed E-state index contributed by atoms with van der Waals surface area (Å²) in [6.07, 6.45) is -0.0377. The molecular formula is C33H30O13S2. The van der Waals surface area contributed by atoms with Crippen molar-refractivity contribution in [2.24, 2.45) is 0 Å². The maximum Gasteiger partial charge on any atom is 0.264 e. The number of carbonyl (C=O) groups is 2. The molecule has 48 heavy (non-hydrogen) atoms. The second-order valence-electron chi connectivity index (χ2n) is 11.5. The Bertz CT molecular complexity index is 2460. The summed E-state index contributed by atoms with van der Waals surface area (Å²) in [7, 11) is 0.830. The number of methoxy groups -OCH3 is 4. The van der Waals surface area contributed by atoms with Gasteiger partial charge in [0.2, 0.25) is 5.43 Å². The van der Waals surface area contributed by atoms with E-state index in [2.05, 4.69) is 0 Å². The summed E-state index contributed by atoms with van der Waals surface area (Å²) in [5.74, 6) is -5.63. The van der Waals surface area contributed by atoms with Crippen molar-refractivity contribution in [2.75, 3.05) is 39.9 Å². The topological polar surface area (TPSA) is 200 Å².